The van der Waals surface area contributed by atoms with E-state index in [2.05, 4.69) is 26.8 Å². The van der Waals surface area contributed by atoms with Crippen molar-refractivity contribution in [1.29, 1.82) is 0 Å². The molecule has 3 aliphatic heterocycles. The highest BCUT2D eigenvalue weighted by atomic mass is 16.4. The molecule has 1 aromatic carbocycles. The van der Waals surface area contributed by atoms with Gasteiger partial charge in [0.25, 0.3) is 11.8 Å². The highest BCUT2D eigenvalue weighted by molar-refractivity contribution is 6.05. The molecule has 3 aliphatic rings. The van der Waals surface area contributed by atoms with Crippen molar-refractivity contribution in [3.8, 4) is 0 Å². The zero-order chi connectivity index (χ0) is 23.4. The molecule has 32 heavy (non-hydrogen) atoms. The molecule has 0 saturated carbocycles. The number of likely N-dealkylation sites (N-methyl/N-ethyl adjacent to an activating group) is 1. The van der Waals surface area contributed by atoms with Gasteiger partial charge in [0.15, 0.2) is 0 Å². The minimum Gasteiger partial charge on any atom is -0.465 e. The van der Waals surface area contributed by atoms with Gasteiger partial charge in [-0.1, -0.05) is 32.9 Å². The monoisotopic (exact) mass is 441 g/mol. The third kappa shape index (κ3) is 3.76. The molecule has 3 unspecified atom stereocenters. The zero-order valence-corrected chi connectivity index (χ0v) is 19.1. The number of rotatable bonds is 2. The van der Waals surface area contributed by atoms with Gasteiger partial charge in [0.2, 0.25) is 5.91 Å². The first kappa shape index (κ1) is 22.3. The summed E-state index contributed by atoms with van der Waals surface area (Å²) in [6.07, 6.45) is 1.22. The van der Waals surface area contributed by atoms with Crippen molar-refractivity contribution in [3.63, 3.8) is 0 Å². The van der Waals surface area contributed by atoms with E-state index in [-0.39, 0.29) is 41.5 Å². The van der Waals surface area contributed by atoms with Gasteiger partial charge in [0.1, 0.15) is 6.04 Å². The standard InChI is InChI=1S/C24H31N3O5/c1-24(2,3)19-12-15(9-10-26(19)23(31)32)14-5-6-17-16(11-14)13-27(21(17)29)18-7-8-20(28)25(4)22(18)30/h5-6,11,15,18-19H,7-10,12-13H2,1-4H3,(H,31,32). The Morgan fingerprint density at radius 3 is 2.50 bits per heavy atom. The molecule has 8 heteroatoms. The van der Waals surface area contributed by atoms with E-state index >= 15 is 0 Å². The summed E-state index contributed by atoms with van der Waals surface area (Å²) in [6.45, 7) is 7.05. The largest absolute Gasteiger partial charge is 0.465 e. The van der Waals surface area contributed by atoms with Crippen molar-refractivity contribution in [2.24, 2.45) is 5.41 Å². The third-order valence-corrected chi connectivity index (χ3v) is 7.28. The second-order valence-corrected chi connectivity index (χ2v) is 10.3. The summed E-state index contributed by atoms with van der Waals surface area (Å²) in [6, 6.07) is 5.17. The highest BCUT2D eigenvalue weighted by Gasteiger charge is 2.42. The average molecular weight is 442 g/mol. The van der Waals surface area contributed by atoms with Gasteiger partial charge in [-0.05, 0) is 47.8 Å². The number of benzene rings is 1. The summed E-state index contributed by atoms with van der Waals surface area (Å²) in [5, 5.41) is 9.63. The van der Waals surface area contributed by atoms with Crippen LogP contribution in [0.5, 0.6) is 0 Å². The first-order valence-electron chi connectivity index (χ1n) is 11.2. The van der Waals surface area contributed by atoms with Crippen LogP contribution in [-0.4, -0.2) is 69.3 Å². The van der Waals surface area contributed by atoms with Crippen molar-refractivity contribution in [2.75, 3.05) is 13.6 Å². The topological polar surface area (TPSA) is 98.2 Å². The van der Waals surface area contributed by atoms with Gasteiger partial charge in [-0.3, -0.25) is 19.3 Å². The van der Waals surface area contributed by atoms with Crippen LogP contribution < -0.4 is 0 Å². The molecule has 4 rings (SSSR count). The lowest BCUT2D eigenvalue weighted by molar-refractivity contribution is -0.150. The fraction of sp³-hybridized carbons (Fsp3) is 0.583. The maximum Gasteiger partial charge on any atom is 0.407 e. The van der Waals surface area contributed by atoms with Crippen LogP contribution in [0.1, 0.15) is 73.9 Å². The fourth-order valence-corrected chi connectivity index (χ4v) is 5.37. The van der Waals surface area contributed by atoms with E-state index in [1.165, 1.54) is 7.05 Å². The van der Waals surface area contributed by atoms with Gasteiger partial charge in [-0.15, -0.1) is 0 Å². The van der Waals surface area contributed by atoms with E-state index < -0.39 is 12.1 Å². The third-order valence-electron chi connectivity index (χ3n) is 7.28. The molecular formula is C24H31N3O5. The van der Waals surface area contributed by atoms with Crippen LogP contribution in [0.4, 0.5) is 4.79 Å². The van der Waals surface area contributed by atoms with Crippen molar-refractivity contribution in [2.45, 2.75) is 71.0 Å². The summed E-state index contributed by atoms with van der Waals surface area (Å²) in [5.41, 5.74) is 2.44. The molecule has 3 atom stereocenters. The number of imide groups is 1. The molecule has 2 fully saturated rings. The smallest absolute Gasteiger partial charge is 0.407 e. The number of amides is 4. The summed E-state index contributed by atoms with van der Waals surface area (Å²) in [4.78, 5) is 53.4. The zero-order valence-electron chi connectivity index (χ0n) is 19.1. The van der Waals surface area contributed by atoms with Crippen molar-refractivity contribution in [1.82, 2.24) is 14.7 Å². The van der Waals surface area contributed by atoms with Gasteiger partial charge in [0.05, 0.1) is 0 Å². The van der Waals surface area contributed by atoms with E-state index in [4.69, 9.17) is 0 Å². The van der Waals surface area contributed by atoms with Gasteiger partial charge in [0, 0.05) is 38.2 Å². The minimum atomic E-state index is -0.876. The lowest BCUT2D eigenvalue weighted by Gasteiger charge is -2.44. The molecule has 1 N–H and O–H groups in total. The summed E-state index contributed by atoms with van der Waals surface area (Å²) >= 11 is 0. The Kier molecular flexibility index (Phi) is 5.51. The quantitative estimate of drug-likeness (QED) is 0.712. The SMILES string of the molecule is CN1C(=O)CCC(N2Cc3cc(C4CCN(C(=O)O)C(C(C)(C)C)C4)ccc3C2=O)C1=O. The van der Waals surface area contributed by atoms with Crippen LogP contribution in [0.2, 0.25) is 0 Å². The van der Waals surface area contributed by atoms with Crippen LogP contribution in [0.15, 0.2) is 18.2 Å². The van der Waals surface area contributed by atoms with Crippen molar-refractivity contribution < 1.29 is 24.3 Å². The van der Waals surface area contributed by atoms with E-state index in [0.717, 1.165) is 28.9 Å². The summed E-state index contributed by atoms with van der Waals surface area (Å²) < 4.78 is 0. The van der Waals surface area contributed by atoms with Crippen LogP contribution in [0.25, 0.3) is 0 Å². The number of carboxylic acid groups (broad SMARTS) is 1. The van der Waals surface area contributed by atoms with Gasteiger partial charge in [-0.2, -0.15) is 0 Å². The molecule has 0 aromatic heterocycles. The van der Waals surface area contributed by atoms with E-state index in [9.17, 15) is 24.3 Å². The molecule has 0 aliphatic carbocycles. The van der Waals surface area contributed by atoms with Crippen LogP contribution >= 0.6 is 0 Å². The Balaban J connectivity index is 1.55. The number of nitrogens with zero attached hydrogens (tertiary/aromatic N) is 3. The first-order valence-corrected chi connectivity index (χ1v) is 11.2. The number of carbonyl (C=O) groups excluding carboxylic acids is 3. The molecule has 0 spiro atoms. The Hall–Kier alpha value is -2.90. The van der Waals surface area contributed by atoms with Crippen LogP contribution in [0.3, 0.4) is 0 Å². The number of carbonyl (C=O) groups is 4. The molecule has 4 amide bonds. The molecule has 0 radical (unpaired) electrons. The number of likely N-dealkylation sites (tertiary alicyclic amines) is 2. The minimum absolute atomic E-state index is 0.0851. The average Bonchev–Trinajstić information content (AvgIpc) is 3.06. The van der Waals surface area contributed by atoms with Crippen LogP contribution in [0, 0.1) is 5.41 Å². The maximum absolute atomic E-state index is 13.0. The summed E-state index contributed by atoms with van der Waals surface area (Å²) in [5.74, 6) is -0.485. The Labute approximate surface area is 188 Å². The highest BCUT2D eigenvalue weighted by Crippen LogP contribution is 2.40. The molecule has 3 heterocycles. The predicted octanol–water partition coefficient (Wildman–Crippen LogP) is 3.06. The fourth-order valence-electron chi connectivity index (χ4n) is 5.37. The van der Waals surface area contributed by atoms with Crippen LogP contribution in [-0.2, 0) is 16.1 Å². The number of piperidine rings is 2. The van der Waals surface area contributed by atoms with E-state index in [1.807, 2.05) is 12.1 Å². The van der Waals surface area contributed by atoms with E-state index in [1.54, 1.807) is 9.80 Å². The predicted molar refractivity (Wildman–Crippen MR) is 117 cm³/mol. The number of hydrogen-bond acceptors (Lipinski definition) is 4. The normalized spacial score (nSPS) is 26.6. The molecule has 0 bridgehead atoms. The Bertz CT molecular complexity index is 982. The lowest BCUT2D eigenvalue weighted by Crippen LogP contribution is -2.53. The molecule has 2 saturated heterocycles. The molecule has 172 valence electrons. The summed E-state index contributed by atoms with van der Waals surface area (Å²) in [7, 11) is 1.47. The second kappa shape index (κ2) is 7.90. The molecule has 1 aromatic rings. The van der Waals surface area contributed by atoms with Gasteiger partial charge < -0.3 is 14.9 Å². The van der Waals surface area contributed by atoms with Crippen molar-refractivity contribution in [3.05, 3.63) is 34.9 Å². The number of fused-ring (bicyclic) bond motifs is 1. The second-order valence-electron chi connectivity index (χ2n) is 10.3. The lowest BCUT2D eigenvalue weighted by atomic mass is 9.75. The first-order chi connectivity index (χ1) is 15.0. The Morgan fingerprint density at radius 2 is 1.84 bits per heavy atom. The molecule has 8 nitrogen and oxygen atoms in total. The maximum atomic E-state index is 13.0. The van der Waals surface area contributed by atoms with Gasteiger partial charge in [-0.25, -0.2) is 4.79 Å². The van der Waals surface area contributed by atoms with Crippen molar-refractivity contribution >= 4 is 23.8 Å². The molecular weight excluding hydrogens is 410 g/mol. The van der Waals surface area contributed by atoms with E-state index in [0.29, 0.717) is 25.1 Å². The Morgan fingerprint density at radius 1 is 1.12 bits per heavy atom. The number of hydrogen-bond donors (Lipinski definition) is 1. The van der Waals surface area contributed by atoms with Gasteiger partial charge >= 0.3 is 6.09 Å².